The molecule has 17 heavy (non-hydrogen) atoms. The third-order valence-electron chi connectivity index (χ3n) is 2.82. The Bertz CT molecular complexity index is 413. The summed E-state index contributed by atoms with van der Waals surface area (Å²) in [6, 6.07) is 0.360. The number of aryl methyl sites for hydroxylation is 1. The molecular weight excluding hydrogens is 240 g/mol. The van der Waals surface area contributed by atoms with Crippen LogP contribution in [-0.2, 0) is 4.74 Å². The first kappa shape index (κ1) is 12.3. The second-order valence-corrected chi connectivity index (χ2v) is 5.13. The van der Waals surface area contributed by atoms with Crippen LogP contribution in [0.15, 0.2) is 0 Å². The van der Waals surface area contributed by atoms with Crippen LogP contribution < -0.4 is 5.32 Å². The van der Waals surface area contributed by atoms with Crippen molar-refractivity contribution in [2.75, 3.05) is 11.9 Å². The molecule has 2 rings (SSSR count). The molecule has 0 saturated heterocycles. The van der Waals surface area contributed by atoms with E-state index in [1.807, 2.05) is 6.92 Å². The van der Waals surface area contributed by atoms with Crippen molar-refractivity contribution in [1.29, 1.82) is 0 Å². The number of thiazole rings is 1. The molecule has 1 aromatic rings. The summed E-state index contributed by atoms with van der Waals surface area (Å²) < 4.78 is 5.46. The number of hydrogen-bond donors (Lipinski definition) is 2. The van der Waals surface area contributed by atoms with Crippen LogP contribution in [0.3, 0.4) is 0 Å². The van der Waals surface area contributed by atoms with Crippen LogP contribution in [0.5, 0.6) is 0 Å². The topological polar surface area (TPSA) is 71.5 Å². The summed E-state index contributed by atoms with van der Waals surface area (Å²) in [5.41, 5.74) is 0.575. The summed E-state index contributed by atoms with van der Waals surface area (Å²) in [7, 11) is 0. The quantitative estimate of drug-likeness (QED) is 0.844. The van der Waals surface area contributed by atoms with Gasteiger partial charge in [0.05, 0.1) is 11.8 Å². The van der Waals surface area contributed by atoms with Crippen LogP contribution in [0.4, 0.5) is 5.13 Å². The Balaban J connectivity index is 1.88. The summed E-state index contributed by atoms with van der Waals surface area (Å²) in [6.07, 6.45) is 2.28. The number of aromatic nitrogens is 1. The molecule has 0 bridgehead atoms. The number of nitrogens with zero attached hydrogens (tertiary/aromatic N) is 1. The molecule has 0 aliphatic heterocycles. The molecule has 0 radical (unpaired) electrons. The van der Waals surface area contributed by atoms with Crippen LogP contribution in [0, 0.1) is 6.92 Å². The van der Waals surface area contributed by atoms with E-state index in [9.17, 15) is 4.79 Å². The third-order valence-corrected chi connectivity index (χ3v) is 3.89. The van der Waals surface area contributed by atoms with Crippen molar-refractivity contribution in [2.45, 2.75) is 38.8 Å². The zero-order chi connectivity index (χ0) is 12.4. The molecule has 1 heterocycles. The number of anilines is 1. The standard InChI is InChI=1S/C11H16N2O3S/c1-3-16-8-4-7(5-8)13-11-12-6(2)9(17-11)10(14)15/h7-8H,3-5H2,1-2H3,(H,12,13)(H,14,15). The Morgan fingerprint density at radius 1 is 1.65 bits per heavy atom. The molecule has 0 unspecified atom stereocenters. The van der Waals surface area contributed by atoms with Gasteiger partial charge in [-0.3, -0.25) is 0 Å². The minimum atomic E-state index is -0.908. The maximum atomic E-state index is 10.9. The average molecular weight is 256 g/mol. The fraction of sp³-hybridized carbons (Fsp3) is 0.636. The number of ether oxygens (including phenoxy) is 1. The minimum Gasteiger partial charge on any atom is -0.477 e. The highest BCUT2D eigenvalue weighted by atomic mass is 32.1. The predicted molar refractivity (Wildman–Crippen MR) is 65.9 cm³/mol. The van der Waals surface area contributed by atoms with E-state index < -0.39 is 5.97 Å². The number of rotatable bonds is 5. The van der Waals surface area contributed by atoms with Crippen molar-refractivity contribution < 1.29 is 14.6 Å². The fourth-order valence-electron chi connectivity index (χ4n) is 1.89. The van der Waals surface area contributed by atoms with Gasteiger partial charge in [-0.2, -0.15) is 0 Å². The zero-order valence-corrected chi connectivity index (χ0v) is 10.7. The lowest BCUT2D eigenvalue weighted by Crippen LogP contribution is -2.40. The maximum absolute atomic E-state index is 10.9. The SMILES string of the molecule is CCOC1CC(Nc2nc(C)c(C(=O)O)s2)C1. The lowest BCUT2D eigenvalue weighted by atomic mass is 9.89. The number of carboxylic acid groups (broad SMARTS) is 1. The van der Waals surface area contributed by atoms with E-state index in [1.165, 1.54) is 11.3 Å². The molecule has 0 atom stereocenters. The zero-order valence-electron chi connectivity index (χ0n) is 9.90. The largest absolute Gasteiger partial charge is 0.477 e. The van der Waals surface area contributed by atoms with E-state index >= 15 is 0 Å². The fourth-order valence-corrected chi connectivity index (χ4v) is 2.77. The molecule has 0 aromatic carbocycles. The van der Waals surface area contributed by atoms with Crippen molar-refractivity contribution in [3.05, 3.63) is 10.6 Å². The number of nitrogens with one attached hydrogen (secondary N) is 1. The number of aromatic carboxylic acids is 1. The van der Waals surface area contributed by atoms with Gasteiger partial charge in [0.2, 0.25) is 0 Å². The first-order valence-corrected chi connectivity index (χ1v) is 6.50. The van der Waals surface area contributed by atoms with Gasteiger partial charge in [0.15, 0.2) is 5.13 Å². The summed E-state index contributed by atoms with van der Waals surface area (Å²) in [5.74, 6) is -0.908. The molecule has 1 aliphatic rings. The van der Waals surface area contributed by atoms with Gasteiger partial charge in [-0.15, -0.1) is 0 Å². The molecule has 6 heteroatoms. The van der Waals surface area contributed by atoms with Gasteiger partial charge in [0.1, 0.15) is 4.88 Å². The highest BCUT2D eigenvalue weighted by Gasteiger charge is 2.30. The first-order chi connectivity index (χ1) is 8.10. The van der Waals surface area contributed by atoms with Crippen molar-refractivity contribution in [2.24, 2.45) is 0 Å². The van der Waals surface area contributed by atoms with Crippen molar-refractivity contribution >= 4 is 22.4 Å². The summed E-state index contributed by atoms with van der Waals surface area (Å²) in [5, 5.41) is 12.9. The van der Waals surface area contributed by atoms with Crippen molar-refractivity contribution in [3.8, 4) is 0 Å². The minimum absolute atomic E-state index is 0.313. The van der Waals surface area contributed by atoms with Gasteiger partial charge < -0.3 is 15.2 Å². The molecule has 5 nitrogen and oxygen atoms in total. The van der Waals surface area contributed by atoms with E-state index in [0.717, 1.165) is 19.4 Å². The van der Waals surface area contributed by atoms with Crippen molar-refractivity contribution in [1.82, 2.24) is 4.98 Å². The van der Waals surface area contributed by atoms with E-state index in [4.69, 9.17) is 9.84 Å². The van der Waals surface area contributed by atoms with E-state index in [-0.39, 0.29) is 0 Å². The molecule has 1 aliphatic carbocycles. The Morgan fingerprint density at radius 2 is 2.35 bits per heavy atom. The summed E-state index contributed by atoms with van der Waals surface area (Å²) in [6.45, 7) is 4.45. The van der Waals surface area contributed by atoms with E-state index in [0.29, 0.717) is 27.8 Å². The first-order valence-electron chi connectivity index (χ1n) is 5.69. The van der Waals surface area contributed by atoms with Gasteiger partial charge in [-0.1, -0.05) is 11.3 Å². The van der Waals surface area contributed by atoms with Crippen LogP contribution in [-0.4, -0.2) is 34.8 Å². The van der Waals surface area contributed by atoms with E-state index in [2.05, 4.69) is 10.3 Å². The Kier molecular flexibility index (Phi) is 3.63. The highest BCUT2D eigenvalue weighted by molar-refractivity contribution is 7.17. The monoisotopic (exact) mass is 256 g/mol. The van der Waals surface area contributed by atoms with Crippen LogP contribution >= 0.6 is 11.3 Å². The third kappa shape index (κ3) is 2.76. The second-order valence-electron chi connectivity index (χ2n) is 4.13. The average Bonchev–Trinajstić information content (AvgIpc) is 2.56. The predicted octanol–water partition coefficient (Wildman–Crippen LogP) is 2.13. The molecule has 1 fully saturated rings. The Labute approximate surface area is 104 Å². The molecule has 0 spiro atoms. The lowest BCUT2D eigenvalue weighted by molar-refractivity contribution is 0.00299. The summed E-state index contributed by atoms with van der Waals surface area (Å²) >= 11 is 1.20. The molecule has 1 aromatic heterocycles. The number of carbonyl (C=O) groups is 1. The van der Waals surface area contributed by atoms with Crippen molar-refractivity contribution in [3.63, 3.8) is 0 Å². The molecular formula is C11H16N2O3S. The highest BCUT2D eigenvalue weighted by Crippen LogP contribution is 2.29. The maximum Gasteiger partial charge on any atom is 0.347 e. The molecule has 94 valence electrons. The summed E-state index contributed by atoms with van der Waals surface area (Å²) in [4.78, 5) is 15.4. The van der Waals surface area contributed by atoms with Gasteiger partial charge in [0.25, 0.3) is 0 Å². The Hall–Kier alpha value is -1.14. The molecule has 0 amide bonds. The van der Waals surface area contributed by atoms with Gasteiger partial charge in [-0.25, -0.2) is 9.78 Å². The molecule has 1 saturated carbocycles. The van der Waals surface area contributed by atoms with Crippen LogP contribution in [0.25, 0.3) is 0 Å². The normalized spacial score (nSPS) is 23.2. The lowest BCUT2D eigenvalue weighted by Gasteiger charge is -2.35. The van der Waals surface area contributed by atoms with Gasteiger partial charge in [0, 0.05) is 12.6 Å². The molecule has 2 N–H and O–H groups in total. The van der Waals surface area contributed by atoms with E-state index in [1.54, 1.807) is 6.92 Å². The smallest absolute Gasteiger partial charge is 0.347 e. The van der Waals surface area contributed by atoms with Crippen LogP contribution in [0.2, 0.25) is 0 Å². The van der Waals surface area contributed by atoms with Gasteiger partial charge in [-0.05, 0) is 26.7 Å². The van der Waals surface area contributed by atoms with Gasteiger partial charge >= 0.3 is 5.97 Å². The Morgan fingerprint density at radius 3 is 2.88 bits per heavy atom. The number of carboxylic acids is 1. The number of hydrogen-bond acceptors (Lipinski definition) is 5. The van der Waals surface area contributed by atoms with Crippen LogP contribution in [0.1, 0.15) is 35.1 Å². The second kappa shape index (κ2) is 5.01.